The molecule has 0 spiro atoms. The summed E-state index contributed by atoms with van der Waals surface area (Å²) in [5.41, 5.74) is 1.12. The Morgan fingerprint density at radius 3 is 2.38 bits per heavy atom. The lowest BCUT2D eigenvalue weighted by Gasteiger charge is -2.17. The summed E-state index contributed by atoms with van der Waals surface area (Å²) >= 11 is 3.49. The first-order valence-corrected chi connectivity index (χ1v) is 8.18. The van der Waals surface area contributed by atoms with Gasteiger partial charge in [-0.15, -0.1) is 0 Å². The molecule has 1 N–H and O–H groups in total. The van der Waals surface area contributed by atoms with Crippen LogP contribution in [0.1, 0.15) is 20.3 Å². The maximum absolute atomic E-state index is 5.54. The molecular weight excluding hydrogens is 330 g/mol. The Morgan fingerprint density at radius 1 is 1.00 bits per heavy atom. The van der Waals surface area contributed by atoms with Gasteiger partial charge < -0.3 is 14.8 Å². The topological polar surface area (TPSA) is 30.5 Å². The number of hydrogen-bond acceptors (Lipinski definition) is 3. The van der Waals surface area contributed by atoms with E-state index in [-0.39, 0.29) is 6.29 Å². The van der Waals surface area contributed by atoms with Gasteiger partial charge in [0, 0.05) is 36.3 Å². The molecule has 0 radical (unpaired) electrons. The predicted octanol–water partition coefficient (Wildman–Crippen LogP) is 4.80. The third kappa shape index (κ3) is 4.99. The van der Waals surface area contributed by atoms with Crippen molar-refractivity contribution in [2.75, 3.05) is 25.1 Å². The third-order valence-corrected chi connectivity index (χ3v) is 3.71. The molecule has 2 rings (SSSR count). The number of benzene rings is 2. The molecule has 0 aliphatic heterocycles. The van der Waals surface area contributed by atoms with Crippen LogP contribution in [0.5, 0.6) is 0 Å². The smallest absolute Gasteiger partial charge is 0.159 e. The number of hydrogen-bond donors (Lipinski definition) is 1. The van der Waals surface area contributed by atoms with E-state index in [0.717, 1.165) is 23.1 Å². The van der Waals surface area contributed by atoms with Gasteiger partial charge in [-0.1, -0.05) is 28.1 Å². The summed E-state index contributed by atoms with van der Waals surface area (Å²) in [6, 6.07) is 12.7. The van der Waals surface area contributed by atoms with Gasteiger partial charge in [0.25, 0.3) is 0 Å². The number of halogens is 1. The molecule has 21 heavy (non-hydrogen) atoms. The summed E-state index contributed by atoms with van der Waals surface area (Å²) in [6.07, 6.45) is 0.712. The van der Waals surface area contributed by atoms with Gasteiger partial charge in [-0.3, -0.25) is 0 Å². The quantitative estimate of drug-likeness (QED) is 0.692. The molecule has 114 valence electrons. The molecule has 0 unspecified atom stereocenters. The Hall–Kier alpha value is -1.10. The van der Waals surface area contributed by atoms with E-state index in [1.165, 1.54) is 10.8 Å². The third-order valence-electron chi connectivity index (χ3n) is 3.22. The Morgan fingerprint density at radius 2 is 1.67 bits per heavy atom. The zero-order chi connectivity index (χ0) is 15.1. The average Bonchev–Trinajstić information content (AvgIpc) is 2.48. The summed E-state index contributed by atoms with van der Waals surface area (Å²) in [5, 5.41) is 5.89. The van der Waals surface area contributed by atoms with Crippen molar-refractivity contribution >= 4 is 32.4 Å². The summed E-state index contributed by atoms with van der Waals surface area (Å²) < 4.78 is 12.2. The molecule has 2 aromatic rings. The molecule has 0 aliphatic carbocycles. The summed E-state index contributed by atoms with van der Waals surface area (Å²) in [4.78, 5) is 0. The van der Waals surface area contributed by atoms with Crippen LogP contribution in [-0.4, -0.2) is 26.0 Å². The van der Waals surface area contributed by atoms with E-state index >= 15 is 0 Å². The van der Waals surface area contributed by atoms with Gasteiger partial charge in [0.05, 0.1) is 0 Å². The Kier molecular flexibility index (Phi) is 6.49. The van der Waals surface area contributed by atoms with E-state index in [4.69, 9.17) is 9.47 Å². The molecule has 0 atom stereocenters. The lowest BCUT2D eigenvalue weighted by Crippen LogP contribution is -2.21. The van der Waals surface area contributed by atoms with E-state index in [2.05, 4.69) is 57.6 Å². The molecule has 4 heteroatoms. The van der Waals surface area contributed by atoms with Crippen molar-refractivity contribution in [3.63, 3.8) is 0 Å². The molecule has 0 saturated heterocycles. The van der Waals surface area contributed by atoms with Crippen LogP contribution < -0.4 is 5.32 Å². The number of nitrogens with one attached hydrogen (secondary N) is 1. The van der Waals surface area contributed by atoms with Gasteiger partial charge in [-0.2, -0.15) is 0 Å². The van der Waals surface area contributed by atoms with Gasteiger partial charge in [0.1, 0.15) is 0 Å². The predicted molar refractivity (Wildman–Crippen MR) is 91.8 cm³/mol. The first-order chi connectivity index (χ1) is 10.2. The van der Waals surface area contributed by atoms with Crippen LogP contribution in [0.4, 0.5) is 5.69 Å². The molecule has 2 aromatic carbocycles. The second-order valence-electron chi connectivity index (χ2n) is 4.76. The van der Waals surface area contributed by atoms with Gasteiger partial charge in [0.15, 0.2) is 6.29 Å². The molecule has 0 saturated carbocycles. The Labute approximate surface area is 134 Å². The highest BCUT2D eigenvalue weighted by atomic mass is 79.9. The largest absolute Gasteiger partial charge is 0.385 e. The second-order valence-corrected chi connectivity index (χ2v) is 5.68. The molecule has 0 fully saturated rings. The van der Waals surface area contributed by atoms with Gasteiger partial charge >= 0.3 is 0 Å². The number of ether oxygens (including phenoxy) is 2. The van der Waals surface area contributed by atoms with Crippen LogP contribution >= 0.6 is 15.9 Å². The fourth-order valence-electron chi connectivity index (χ4n) is 2.25. The van der Waals surface area contributed by atoms with E-state index in [9.17, 15) is 0 Å². The molecule has 3 nitrogen and oxygen atoms in total. The first kappa shape index (κ1) is 16.3. The Bertz CT molecular complexity index is 568. The van der Waals surface area contributed by atoms with E-state index in [1.807, 2.05) is 13.8 Å². The van der Waals surface area contributed by atoms with Crippen LogP contribution in [0.2, 0.25) is 0 Å². The van der Waals surface area contributed by atoms with Crippen molar-refractivity contribution < 1.29 is 9.47 Å². The minimum atomic E-state index is -0.121. The highest BCUT2D eigenvalue weighted by Crippen LogP contribution is 2.23. The molecule has 0 bridgehead atoms. The highest BCUT2D eigenvalue weighted by molar-refractivity contribution is 9.10. The average molecular weight is 352 g/mol. The normalized spacial score (nSPS) is 11.2. The minimum Gasteiger partial charge on any atom is -0.385 e. The lowest BCUT2D eigenvalue weighted by atomic mass is 10.1. The van der Waals surface area contributed by atoms with E-state index in [0.29, 0.717) is 13.2 Å². The second kappa shape index (κ2) is 8.37. The van der Waals surface area contributed by atoms with Crippen LogP contribution in [0.3, 0.4) is 0 Å². The van der Waals surface area contributed by atoms with Crippen LogP contribution in [0.15, 0.2) is 40.9 Å². The monoisotopic (exact) mass is 351 g/mol. The standard InChI is InChI=1S/C17H22BrNO2/c1-3-20-17(21-4-2)9-10-19-16-8-6-13-11-15(18)7-5-14(13)12-16/h5-8,11-12,17,19H,3-4,9-10H2,1-2H3. The number of fused-ring (bicyclic) bond motifs is 1. The lowest BCUT2D eigenvalue weighted by molar-refractivity contribution is -0.137. The SMILES string of the molecule is CCOC(CCNc1ccc2cc(Br)ccc2c1)OCC. The van der Waals surface area contributed by atoms with Gasteiger partial charge in [-0.05, 0) is 48.9 Å². The Balaban J connectivity index is 1.92. The number of anilines is 1. The zero-order valence-electron chi connectivity index (χ0n) is 12.6. The van der Waals surface area contributed by atoms with E-state index < -0.39 is 0 Å². The minimum absolute atomic E-state index is 0.121. The maximum Gasteiger partial charge on any atom is 0.159 e. The van der Waals surface area contributed by atoms with Gasteiger partial charge in [0.2, 0.25) is 0 Å². The molecule has 0 aliphatic rings. The first-order valence-electron chi connectivity index (χ1n) is 7.39. The van der Waals surface area contributed by atoms with Crippen molar-refractivity contribution in [3.05, 3.63) is 40.9 Å². The van der Waals surface area contributed by atoms with Crippen molar-refractivity contribution in [2.24, 2.45) is 0 Å². The molecule has 0 amide bonds. The van der Waals surface area contributed by atoms with Crippen molar-refractivity contribution in [3.8, 4) is 0 Å². The van der Waals surface area contributed by atoms with Crippen molar-refractivity contribution in [1.29, 1.82) is 0 Å². The van der Waals surface area contributed by atoms with Crippen molar-refractivity contribution in [1.82, 2.24) is 0 Å². The highest BCUT2D eigenvalue weighted by Gasteiger charge is 2.07. The summed E-state index contributed by atoms with van der Waals surface area (Å²) in [6.45, 7) is 6.15. The maximum atomic E-state index is 5.54. The van der Waals surface area contributed by atoms with Crippen LogP contribution in [-0.2, 0) is 9.47 Å². The molecule has 0 heterocycles. The van der Waals surface area contributed by atoms with E-state index in [1.54, 1.807) is 0 Å². The fraction of sp³-hybridized carbons (Fsp3) is 0.412. The number of rotatable bonds is 8. The molecular formula is C17H22BrNO2. The summed E-state index contributed by atoms with van der Waals surface area (Å²) in [5.74, 6) is 0. The van der Waals surface area contributed by atoms with Crippen LogP contribution in [0.25, 0.3) is 10.8 Å². The molecule has 0 aromatic heterocycles. The fourth-order valence-corrected chi connectivity index (χ4v) is 2.63. The van der Waals surface area contributed by atoms with Crippen molar-refractivity contribution in [2.45, 2.75) is 26.6 Å². The zero-order valence-corrected chi connectivity index (χ0v) is 14.2. The van der Waals surface area contributed by atoms with Gasteiger partial charge in [-0.25, -0.2) is 0 Å². The summed E-state index contributed by atoms with van der Waals surface area (Å²) in [7, 11) is 0. The van der Waals surface area contributed by atoms with Crippen LogP contribution in [0, 0.1) is 0 Å².